The van der Waals surface area contributed by atoms with E-state index >= 15 is 0 Å². The Morgan fingerprint density at radius 1 is 1.50 bits per heavy atom. The van der Waals surface area contributed by atoms with E-state index in [9.17, 15) is 9.59 Å². The zero-order valence-electron chi connectivity index (χ0n) is 10.2. The zero-order valence-corrected chi connectivity index (χ0v) is 10.2. The number of carbonyl (C=O) groups is 2. The molecule has 1 aliphatic rings. The second-order valence-corrected chi connectivity index (χ2v) is 4.69. The minimum absolute atomic E-state index is 0.0134. The second kappa shape index (κ2) is 5.84. The van der Waals surface area contributed by atoms with Gasteiger partial charge in [0.05, 0.1) is 6.54 Å². The number of rotatable bonds is 5. The molecule has 1 saturated heterocycles. The van der Waals surface area contributed by atoms with E-state index in [1.54, 1.807) is 0 Å². The lowest BCUT2D eigenvalue weighted by Crippen LogP contribution is -2.44. The van der Waals surface area contributed by atoms with Gasteiger partial charge < -0.3 is 16.0 Å². The normalized spacial score (nSPS) is 22.0. The topological polar surface area (TPSA) is 70.2 Å². The first-order valence-electron chi connectivity index (χ1n) is 5.78. The summed E-state index contributed by atoms with van der Waals surface area (Å²) in [7, 11) is 0. The van der Waals surface area contributed by atoms with Crippen LogP contribution in [0.2, 0.25) is 0 Å². The molecule has 1 aliphatic heterocycles. The largest absolute Gasteiger partial charge is 0.354 e. The summed E-state index contributed by atoms with van der Waals surface area (Å²) in [6.45, 7) is 7.02. The van der Waals surface area contributed by atoms with Crippen LogP contribution in [0.25, 0.3) is 0 Å². The molecule has 92 valence electrons. The Morgan fingerprint density at radius 3 is 2.69 bits per heavy atom. The van der Waals surface area contributed by atoms with Crippen molar-refractivity contribution in [3.8, 4) is 0 Å². The highest BCUT2D eigenvalue weighted by atomic mass is 16.2. The van der Waals surface area contributed by atoms with Crippen LogP contribution < -0.4 is 16.0 Å². The minimum Gasteiger partial charge on any atom is -0.354 e. The lowest BCUT2D eigenvalue weighted by atomic mass is 10.1. The van der Waals surface area contributed by atoms with E-state index < -0.39 is 0 Å². The Kier molecular flexibility index (Phi) is 4.73. The molecular weight excluding hydrogens is 206 g/mol. The molecule has 0 saturated carbocycles. The van der Waals surface area contributed by atoms with Gasteiger partial charge in [0, 0.05) is 25.0 Å². The van der Waals surface area contributed by atoms with Crippen molar-refractivity contribution < 1.29 is 9.59 Å². The summed E-state index contributed by atoms with van der Waals surface area (Å²) in [4.78, 5) is 22.4. The maximum Gasteiger partial charge on any atom is 0.234 e. The van der Waals surface area contributed by atoms with Crippen molar-refractivity contribution in [2.45, 2.75) is 39.3 Å². The van der Waals surface area contributed by atoms with Crippen LogP contribution in [0.3, 0.4) is 0 Å². The molecule has 2 unspecified atom stereocenters. The van der Waals surface area contributed by atoms with Gasteiger partial charge in [-0.2, -0.15) is 0 Å². The first-order chi connectivity index (χ1) is 7.49. The van der Waals surface area contributed by atoms with Crippen LogP contribution >= 0.6 is 0 Å². The fourth-order valence-corrected chi connectivity index (χ4v) is 1.46. The molecule has 3 N–H and O–H groups in total. The third-order valence-corrected chi connectivity index (χ3v) is 2.92. The van der Waals surface area contributed by atoms with E-state index in [1.165, 1.54) is 0 Å². The fraction of sp³-hybridized carbons (Fsp3) is 0.818. The summed E-state index contributed by atoms with van der Waals surface area (Å²) >= 11 is 0. The van der Waals surface area contributed by atoms with Crippen molar-refractivity contribution in [1.29, 1.82) is 0 Å². The van der Waals surface area contributed by atoms with Gasteiger partial charge in [0.2, 0.25) is 11.8 Å². The molecule has 5 heteroatoms. The molecule has 1 rings (SSSR count). The first-order valence-corrected chi connectivity index (χ1v) is 5.78. The summed E-state index contributed by atoms with van der Waals surface area (Å²) in [6, 6.07) is 0.269. The molecule has 1 fully saturated rings. The van der Waals surface area contributed by atoms with Crippen LogP contribution in [-0.4, -0.2) is 37.0 Å². The number of amides is 2. The Morgan fingerprint density at radius 2 is 2.19 bits per heavy atom. The molecule has 0 aromatic heterocycles. The molecule has 2 amide bonds. The summed E-state index contributed by atoms with van der Waals surface area (Å²) in [5.74, 6) is 0.465. The highest BCUT2D eigenvalue weighted by Gasteiger charge is 2.21. The van der Waals surface area contributed by atoms with E-state index in [1.807, 2.05) is 6.92 Å². The molecule has 0 bridgehead atoms. The van der Waals surface area contributed by atoms with E-state index in [-0.39, 0.29) is 30.4 Å². The van der Waals surface area contributed by atoms with Gasteiger partial charge in [-0.05, 0) is 12.8 Å². The lowest BCUT2D eigenvalue weighted by Gasteiger charge is -2.18. The third-order valence-electron chi connectivity index (χ3n) is 2.92. The quantitative estimate of drug-likeness (QED) is 0.600. The average molecular weight is 227 g/mol. The Bertz CT molecular complexity index is 266. The predicted octanol–water partition coefficient (Wildman–Crippen LogP) is -0.375. The van der Waals surface area contributed by atoms with E-state index in [2.05, 4.69) is 29.8 Å². The van der Waals surface area contributed by atoms with Crippen molar-refractivity contribution in [3.63, 3.8) is 0 Å². The summed E-state index contributed by atoms with van der Waals surface area (Å²) in [6.07, 6.45) is 0.465. The zero-order chi connectivity index (χ0) is 12.1. The molecule has 0 aromatic rings. The predicted molar refractivity (Wildman–Crippen MR) is 61.9 cm³/mol. The van der Waals surface area contributed by atoms with E-state index in [4.69, 9.17) is 0 Å². The Balaban J connectivity index is 2.17. The Labute approximate surface area is 96.4 Å². The fourth-order valence-electron chi connectivity index (χ4n) is 1.46. The second-order valence-electron chi connectivity index (χ2n) is 4.69. The number of hydrogen-bond acceptors (Lipinski definition) is 3. The maximum absolute atomic E-state index is 11.5. The molecule has 0 spiro atoms. The van der Waals surface area contributed by atoms with Crippen LogP contribution in [0.15, 0.2) is 0 Å². The summed E-state index contributed by atoms with van der Waals surface area (Å²) in [5.41, 5.74) is 0. The van der Waals surface area contributed by atoms with Gasteiger partial charge in [0.25, 0.3) is 0 Å². The van der Waals surface area contributed by atoms with Crippen LogP contribution in [0.1, 0.15) is 27.2 Å². The number of carbonyl (C=O) groups excluding carboxylic acids is 2. The molecule has 0 radical (unpaired) electrons. The Hall–Kier alpha value is -1.10. The van der Waals surface area contributed by atoms with Gasteiger partial charge in [0.15, 0.2) is 0 Å². The van der Waals surface area contributed by atoms with E-state index in [0.29, 0.717) is 18.9 Å². The molecule has 5 nitrogen and oxygen atoms in total. The van der Waals surface area contributed by atoms with Crippen molar-refractivity contribution in [2.24, 2.45) is 5.92 Å². The molecule has 0 aliphatic carbocycles. The van der Waals surface area contributed by atoms with Crippen LogP contribution in [0.5, 0.6) is 0 Å². The highest BCUT2D eigenvalue weighted by molar-refractivity contribution is 5.80. The summed E-state index contributed by atoms with van der Waals surface area (Å²) in [5, 5.41) is 8.69. The molecule has 0 aromatic carbocycles. The minimum atomic E-state index is -0.0134. The third kappa shape index (κ3) is 4.18. The van der Waals surface area contributed by atoms with Crippen molar-refractivity contribution >= 4 is 11.8 Å². The van der Waals surface area contributed by atoms with Gasteiger partial charge >= 0.3 is 0 Å². The van der Waals surface area contributed by atoms with Gasteiger partial charge in [-0.3, -0.25) is 9.59 Å². The van der Waals surface area contributed by atoms with Gasteiger partial charge in [-0.15, -0.1) is 0 Å². The average Bonchev–Trinajstić information content (AvgIpc) is 2.61. The van der Waals surface area contributed by atoms with Crippen LogP contribution in [0, 0.1) is 5.92 Å². The van der Waals surface area contributed by atoms with Crippen LogP contribution in [-0.2, 0) is 9.59 Å². The smallest absolute Gasteiger partial charge is 0.234 e. The summed E-state index contributed by atoms with van der Waals surface area (Å²) < 4.78 is 0. The molecular formula is C11H21N3O2. The number of hydrogen-bond donors (Lipinski definition) is 3. The standard InChI is InChI=1S/C11H21N3O2/c1-7(2)8(3)14-11(16)6-12-9-4-10(15)13-5-9/h7-9,12H,4-6H2,1-3H3,(H,13,15)(H,14,16). The van der Waals surface area contributed by atoms with Gasteiger partial charge in [0.1, 0.15) is 0 Å². The van der Waals surface area contributed by atoms with Gasteiger partial charge in [-0.1, -0.05) is 13.8 Å². The highest BCUT2D eigenvalue weighted by Crippen LogP contribution is 2.00. The molecule has 16 heavy (non-hydrogen) atoms. The van der Waals surface area contributed by atoms with E-state index in [0.717, 1.165) is 0 Å². The maximum atomic E-state index is 11.5. The van der Waals surface area contributed by atoms with Crippen molar-refractivity contribution in [3.05, 3.63) is 0 Å². The van der Waals surface area contributed by atoms with Crippen LogP contribution in [0.4, 0.5) is 0 Å². The van der Waals surface area contributed by atoms with Crippen molar-refractivity contribution in [2.75, 3.05) is 13.1 Å². The SMILES string of the molecule is CC(C)C(C)NC(=O)CNC1CNC(=O)C1. The molecule has 1 heterocycles. The monoisotopic (exact) mass is 227 g/mol. The molecule has 2 atom stereocenters. The number of nitrogens with one attached hydrogen (secondary N) is 3. The van der Waals surface area contributed by atoms with Gasteiger partial charge in [-0.25, -0.2) is 0 Å². The van der Waals surface area contributed by atoms with Crippen molar-refractivity contribution in [1.82, 2.24) is 16.0 Å². The lowest BCUT2D eigenvalue weighted by molar-refractivity contribution is -0.122. The first kappa shape index (κ1) is 13.0.